The van der Waals surface area contributed by atoms with E-state index in [1.54, 1.807) is 0 Å². The smallest absolute Gasteiger partial charge is 0.462 e. The molecule has 52 heavy (non-hydrogen) atoms. The van der Waals surface area contributed by atoms with Crippen LogP contribution < -0.4 is 0 Å². The van der Waals surface area contributed by atoms with E-state index in [1.807, 2.05) is 12.2 Å². The maximum atomic E-state index is 12.4. The van der Waals surface area contributed by atoms with Gasteiger partial charge in [-0.3, -0.25) is 14.1 Å². The molecule has 0 bridgehead atoms. The van der Waals surface area contributed by atoms with Crippen LogP contribution in [0.15, 0.2) is 97.2 Å². The Morgan fingerprint density at radius 3 is 1.38 bits per heavy atom. The van der Waals surface area contributed by atoms with Crippen molar-refractivity contribution in [3.63, 3.8) is 0 Å². The molecule has 9 heteroatoms. The van der Waals surface area contributed by atoms with Crippen LogP contribution in [0.3, 0.4) is 0 Å². The molecule has 294 valence electrons. The zero-order chi connectivity index (χ0) is 38.2. The van der Waals surface area contributed by atoms with Crippen LogP contribution in [0.5, 0.6) is 0 Å². The monoisotopic (exact) mass is 744 g/mol. The standard InChI is InChI=1S/C43H69O8P/c1-3-5-7-9-11-13-15-17-19-21-23-25-27-29-31-33-35-37-42(44)49-39-41(40-50-52(46,47)48)51-43(45)38-36-34-32-30-28-26-24-22-20-18-16-14-12-10-8-6-4-2/h5,7,11,13,17-20,23-26,29-32,41H,3-4,6,8-10,12,14-16,21-22,27-28,33-40H2,1-2H3,(H2,46,47,48)/b7-5-,13-11-,19-17-,20-18-,25-23-,26-24-,31-29-,32-30-/t41-/m1/s1. The number of ether oxygens (including phenoxy) is 2. The van der Waals surface area contributed by atoms with Crippen LogP contribution in [0.25, 0.3) is 0 Å². The summed E-state index contributed by atoms with van der Waals surface area (Å²) in [6.45, 7) is 3.45. The summed E-state index contributed by atoms with van der Waals surface area (Å²) in [5.41, 5.74) is 0. The minimum Gasteiger partial charge on any atom is -0.462 e. The molecule has 0 saturated heterocycles. The van der Waals surface area contributed by atoms with Crippen LogP contribution in [0.4, 0.5) is 0 Å². The van der Waals surface area contributed by atoms with Gasteiger partial charge in [0.1, 0.15) is 6.61 Å². The Hall–Kier alpha value is -3.03. The van der Waals surface area contributed by atoms with Gasteiger partial charge in [-0.25, -0.2) is 4.57 Å². The molecule has 0 aliphatic carbocycles. The van der Waals surface area contributed by atoms with Crippen molar-refractivity contribution in [3.8, 4) is 0 Å². The Bertz CT molecular complexity index is 1160. The summed E-state index contributed by atoms with van der Waals surface area (Å²) in [5.74, 6) is -1.03. The largest absolute Gasteiger partial charge is 0.469 e. The van der Waals surface area contributed by atoms with Gasteiger partial charge in [-0.1, -0.05) is 143 Å². The van der Waals surface area contributed by atoms with Crippen molar-refractivity contribution in [1.29, 1.82) is 0 Å². The number of hydrogen-bond donors (Lipinski definition) is 2. The highest BCUT2D eigenvalue weighted by atomic mass is 31.2. The number of phosphoric acid groups is 1. The Kier molecular flexibility index (Phi) is 35.5. The van der Waals surface area contributed by atoms with Gasteiger partial charge in [0.05, 0.1) is 6.61 Å². The average molecular weight is 745 g/mol. The van der Waals surface area contributed by atoms with Crippen LogP contribution in [0, 0.1) is 0 Å². The van der Waals surface area contributed by atoms with E-state index in [0.29, 0.717) is 25.7 Å². The molecule has 0 heterocycles. The minimum absolute atomic E-state index is 0.122. The third kappa shape index (κ3) is 39.8. The second-order valence-electron chi connectivity index (χ2n) is 12.5. The third-order valence-electron chi connectivity index (χ3n) is 7.59. The number of carbonyl (C=O) groups excluding carboxylic acids is 2. The van der Waals surface area contributed by atoms with Crippen molar-refractivity contribution in [1.82, 2.24) is 0 Å². The first-order valence-electron chi connectivity index (χ1n) is 19.5. The van der Waals surface area contributed by atoms with Crippen molar-refractivity contribution < 1.29 is 37.9 Å². The van der Waals surface area contributed by atoms with Gasteiger partial charge in [0.25, 0.3) is 0 Å². The first kappa shape index (κ1) is 49.0. The van der Waals surface area contributed by atoms with Gasteiger partial charge in [-0.15, -0.1) is 0 Å². The quantitative estimate of drug-likeness (QED) is 0.0289. The summed E-state index contributed by atoms with van der Waals surface area (Å²) < 4.78 is 26.2. The SMILES string of the molecule is CC/C=C\C/C=C\C/C=C\C/C=C\C/C=C\CCCC(=O)OC[C@H](COP(=O)(O)O)OC(=O)CCC/C=C\C/C=C\C/C=C\CCCCCCCC. The number of phosphoric ester groups is 1. The predicted molar refractivity (Wildman–Crippen MR) is 216 cm³/mol. The van der Waals surface area contributed by atoms with Gasteiger partial charge in [-0.05, 0) is 83.5 Å². The van der Waals surface area contributed by atoms with Crippen molar-refractivity contribution >= 4 is 19.8 Å². The van der Waals surface area contributed by atoms with Gasteiger partial charge in [0.15, 0.2) is 6.10 Å². The fourth-order valence-corrected chi connectivity index (χ4v) is 5.08. The predicted octanol–water partition coefficient (Wildman–Crippen LogP) is 11.8. The number of esters is 2. The lowest BCUT2D eigenvalue weighted by atomic mass is 10.1. The van der Waals surface area contributed by atoms with Crippen LogP contribution in [-0.2, 0) is 28.2 Å². The molecule has 0 aliphatic heterocycles. The number of allylic oxidation sites excluding steroid dienone is 16. The molecular formula is C43H69O8P. The number of carbonyl (C=O) groups is 2. The van der Waals surface area contributed by atoms with Crippen molar-refractivity contribution in [3.05, 3.63) is 97.2 Å². The lowest BCUT2D eigenvalue weighted by molar-refractivity contribution is -0.161. The molecule has 0 fully saturated rings. The lowest BCUT2D eigenvalue weighted by Crippen LogP contribution is -2.29. The second-order valence-corrected chi connectivity index (χ2v) is 13.8. The summed E-state index contributed by atoms with van der Waals surface area (Å²) >= 11 is 0. The molecule has 1 atom stereocenters. The van der Waals surface area contributed by atoms with E-state index in [-0.39, 0.29) is 19.4 Å². The Morgan fingerprint density at radius 2 is 0.923 bits per heavy atom. The third-order valence-corrected chi connectivity index (χ3v) is 8.07. The highest BCUT2D eigenvalue weighted by Gasteiger charge is 2.22. The minimum atomic E-state index is -4.78. The average Bonchev–Trinajstić information content (AvgIpc) is 3.11. The Labute approximate surface area is 315 Å². The van der Waals surface area contributed by atoms with Crippen LogP contribution >= 0.6 is 7.82 Å². The zero-order valence-electron chi connectivity index (χ0n) is 32.2. The van der Waals surface area contributed by atoms with Gasteiger partial charge in [0.2, 0.25) is 0 Å². The second kappa shape index (κ2) is 37.7. The van der Waals surface area contributed by atoms with E-state index in [9.17, 15) is 14.2 Å². The maximum Gasteiger partial charge on any atom is 0.469 e. The number of hydrogen-bond acceptors (Lipinski definition) is 6. The highest BCUT2D eigenvalue weighted by molar-refractivity contribution is 7.46. The summed E-state index contributed by atoms with van der Waals surface area (Å²) in [7, 11) is -4.78. The van der Waals surface area contributed by atoms with E-state index in [4.69, 9.17) is 19.3 Å². The molecule has 0 aliphatic rings. The first-order valence-corrected chi connectivity index (χ1v) is 21.1. The molecular weight excluding hydrogens is 675 g/mol. The molecule has 0 aromatic rings. The van der Waals surface area contributed by atoms with Crippen molar-refractivity contribution in [2.75, 3.05) is 13.2 Å². The molecule has 0 spiro atoms. The van der Waals surface area contributed by atoms with Crippen molar-refractivity contribution in [2.45, 2.75) is 148 Å². The molecule has 0 aromatic carbocycles. The number of unbranched alkanes of at least 4 members (excludes halogenated alkanes) is 8. The van der Waals surface area contributed by atoms with Gasteiger partial charge >= 0.3 is 19.8 Å². The molecule has 8 nitrogen and oxygen atoms in total. The highest BCUT2D eigenvalue weighted by Crippen LogP contribution is 2.35. The van der Waals surface area contributed by atoms with E-state index >= 15 is 0 Å². The van der Waals surface area contributed by atoms with Gasteiger partial charge in [-0.2, -0.15) is 0 Å². The Balaban J connectivity index is 4.17. The molecule has 0 radical (unpaired) electrons. The molecule has 0 amide bonds. The van der Waals surface area contributed by atoms with Crippen LogP contribution in [-0.4, -0.2) is 41.0 Å². The fraction of sp³-hybridized carbons (Fsp3) is 0.581. The van der Waals surface area contributed by atoms with Gasteiger partial charge < -0.3 is 19.3 Å². The molecule has 0 rings (SSSR count). The molecule has 0 saturated carbocycles. The normalized spacial score (nSPS) is 13.5. The zero-order valence-corrected chi connectivity index (χ0v) is 33.1. The summed E-state index contributed by atoms with van der Waals surface area (Å²) in [5, 5.41) is 0. The number of rotatable bonds is 34. The topological polar surface area (TPSA) is 119 Å². The van der Waals surface area contributed by atoms with E-state index in [0.717, 1.165) is 51.4 Å². The van der Waals surface area contributed by atoms with Crippen LogP contribution in [0.2, 0.25) is 0 Å². The van der Waals surface area contributed by atoms with E-state index < -0.39 is 32.5 Å². The molecule has 2 N–H and O–H groups in total. The first-order chi connectivity index (χ1) is 25.3. The summed E-state index contributed by atoms with van der Waals surface area (Å²) in [6.07, 6.45) is 51.4. The molecule has 0 unspecified atom stereocenters. The van der Waals surface area contributed by atoms with Gasteiger partial charge in [0, 0.05) is 12.8 Å². The van der Waals surface area contributed by atoms with E-state index in [2.05, 4.69) is 103 Å². The van der Waals surface area contributed by atoms with Crippen molar-refractivity contribution in [2.24, 2.45) is 0 Å². The Morgan fingerprint density at radius 1 is 0.519 bits per heavy atom. The maximum absolute atomic E-state index is 12.4. The van der Waals surface area contributed by atoms with E-state index in [1.165, 1.54) is 38.5 Å². The summed E-state index contributed by atoms with van der Waals surface area (Å²) in [4.78, 5) is 42.7. The lowest BCUT2D eigenvalue weighted by Gasteiger charge is -2.18. The van der Waals surface area contributed by atoms with Crippen LogP contribution in [0.1, 0.15) is 142 Å². The fourth-order valence-electron chi connectivity index (χ4n) is 4.72. The molecule has 0 aromatic heterocycles. The summed E-state index contributed by atoms with van der Waals surface area (Å²) in [6, 6.07) is 0.